The van der Waals surface area contributed by atoms with E-state index in [1.807, 2.05) is 20.0 Å². The van der Waals surface area contributed by atoms with Crippen molar-refractivity contribution in [3.8, 4) is 6.07 Å². The van der Waals surface area contributed by atoms with Gasteiger partial charge in [0, 0.05) is 6.54 Å². The second-order valence-electron chi connectivity index (χ2n) is 3.31. The fourth-order valence-electron chi connectivity index (χ4n) is 1.41. The Labute approximate surface area is 83.4 Å². The fraction of sp³-hybridized carbons (Fsp3) is 0.364. The number of hydrogen-bond acceptors (Lipinski definition) is 2. The molecule has 0 fully saturated rings. The lowest BCUT2D eigenvalue weighted by Crippen LogP contribution is -2.15. The highest BCUT2D eigenvalue weighted by Gasteiger charge is 2.10. The van der Waals surface area contributed by atoms with Gasteiger partial charge in [0.25, 0.3) is 0 Å². The summed E-state index contributed by atoms with van der Waals surface area (Å²) in [6.45, 7) is 2.67. The zero-order valence-electron chi connectivity index (χ0n) is 8.34. The van der Waals surface area contributed by atoms with Gasteiger partial charge in [-0.2, -0.15) is 5.26 Å². The number of nitrogens with zero attached hydrogens (tertiary/aromatic N) is 1. The minimum absolute atomic E-state index is 0.118. The summed E-state index contributed by atoms with van der Waals surface area (Å²) in [5.74, 6) is -0.181. The van der Waals surface area contributed by atoms with E-state index in [2.05, 4.69) is 5.32 Å². The summed E-state index contributed by atoms with van der Waals surface area (Å²) in [6.07, 6.45) is 0. The van der Waals surface area contributed by atoms with E-state index in [0.29, 0.717) is 11.1 Å². The Bertz CT molecular complexity index is 355. The summed E-state index contributed by atoms with van der Waals surface area (Å²) in [6, 6.07) is 6.51. The summed E-state index contributed by atoms with van der Waals surface area (Å²) in [5, 5.41) is 11.6. The highest BCUT2D eigenvalue weighted by molar-refractivity contribution is 5.34. The molecule has 3 heteroatoms. The molecular weight excluding hydrogens is 179 g/mol. The summed E-state index contributed by atoms with van der Waals surface area (Å²) >= 11 is 0. The molecule has 0 aliphatic rings. The van der Waals surface area contributed by atoms with Crippen LogP contribution in [0.4, 0.5) is 4.39 Å². The molecule has 1 rings (SSSR count). The summed E-state index contributed by atoms with van der Waals surface area (Å²) in [4.78, 5) is 0. The molecule has 1 atom stereocenters. The maximum Gasteiger partial charge on any atom is 0.128 e. The lowest BCUT2D eigenvalue weighted by Gasteiger charge is -2.11. The Balaban J connectivity index is 2.95. The first kappa shape index (κ1) is 10.7. The monoisotopic (exact) mass is 192 g/mol. The van der Waals surface area contributed by atoms with E-state index in [-0.39, 0.29) is 11.7 Å². The van der Waals surface area contributed by atoms with Gasteiger partial charge in [0.05, 0.1) is 11.6 Å². The molecule has 1 aromatic rings. The molecule has 1 unspecified atom stereocenters. The molecule has 14 heavy (non-hydrogen) atoms. The zero-order valence-corrected chi connectivity index (χ0v) is 8.34. The fourth-order valence-corrected chi connectivity index (χ4v) is 1.41. The van der Waals surface area contributed by atoms with Gasteiger partial charge in [0.1, 0.15) is 5.82 Å². The molecule has 2 nitrogen and oxygen atoms in total. The number of nitrogens with one attached hydrogen (secondary N) is 1. The first-order valence-electron chi connectivity index (χ1n) is 4.53. The predicted molar refractivity (Wildman–Crippen MR) is 53.5 cm³/mol. The van der Waals surface area contributed by atoms with Crippen LogP contribution in [0, 0.1) is 17.1 Å². The molecule has 1 N–H and O–H groups in total. The van der Waals surface area contributed by atoms with Gasteiger partial charge in [-0.1, -0.05) is 13.0 Å². The van der Waals surface area contributed by atoms with Crippen molar-refractivity contribution in [3.05, 3.63) is 35.1 Å². The first-order valence-corrected chi connectivity index (χ1v) is 4.53. The molecular formula is C11H13FN2. The Morgan fingerprint density at radius 2 is 2.29 bits per heavy atom. The van der Waals surface area contributed by atoms with E-state index in [9.17, 15) is 4.39 Å². The van der Waals surface area contributed by atoms with Crippen molar-refractivity contribution >= 4 is 0 Å². The van der Waals surface area contributed by atoms with Crippen LogP contribution in [0.5, 0.6) is 0 Å². The Hall–Kier alpha value is -1.40. The van der Waals surface area contributed by atoms with Crippen molar-refractivity contribution in [3.63, 3.8) is 0 Å². The summed E-state index contributed by atoms with van der Waals surface area (Å²) < 4.78 is 13.4. The number of benzene rings is 1. The van der Waals surface area contributed by atoms with Gasteiger partial charge in [-0.25, -0.2) is 4.39 Å². The Kier molecular flexibility index (Phi) is 3.61. The number of halogens is 1. The smallest absolute Gasteiger partial charge is 0.128 e. The van der Waals surface area contributed by atoms with Crippen LogP contribution in [-0.2, 0) is 0 Å². The topological polar surface area (TPSA) is 35.8 Å². The van der Waals surface area contributed by atoms with Crippen LogP contribution >= 0.6 is 0 Å². The minimum Gasteiger partial charge on any atom is -0.319 e. The highest BCUT2D eigenvalue weighted by Crippen LogP contribution is 2.19. The largest absolute Gasteiger partial charge is 0.319 e. The van der Waals surface area contributed by atoms with Crippen LogP contribution in [0.2, 0.25) is 0 Å². The van der Waals surface area contributed by atoms with Gasteiger partial charge in [-0.05, 0) is 30.7 Å². The maximum absolute atomic E-state index is 13.4. The normalized spacial score (nSPS) is 12.1. The summed E-state index contributed by atoms with van der Waals surface area (Å²) in [7, 11) is 1.83. The van der Waals surface area contributed by atoms with Crippen LogP contribution in [0.3, 0.4) is 0 Å². The number of rotatable bonds is 3. The van der Waals surface area contributed by atoms with Crippen molar-refractivity contribution in [2.45, 2.75) is 12.8 Å². The number of hydrogen-bond donors (Lipinski definition) is 1. The van der Waals surface area contributed by atoms with Gasteiger partial charge in [0.15, 0.2) is 0 Å². The Morgan fingerprint density at radius 1 is 1.57 bits per heavy atom. The van der Waals surface area contributed by atoms with Gasteiger partial charge < -0.3 is 5.32 Å². The van der Waals surface area contributed by atoms with Gasteiger partial charge in [-0.3, -0.25) is 0 Å². The predicted octanol–water partition coefficient (Wildman–Crippen LogP) is 2.02. The van der Waals surface area contributed by atoms with E-state index < -0.39 is 0 Å². The third kappa shape index (κ3) is 2.30. The average Bonchev–Trinajstić information content (AvgIpc) is 2.17. The Morgan fingerprint density at radius 3 is 2.79 bits per heavy atom. The molecule has 0 bridgehead atoms. The van der Waals surface area contributed by atoms with Crippen LogP contribution < -0.4 is 5.32 Å². The van der Waals surface area contributed by atoms with Crippen molar-refractivity contribution in [2.24, 2.45) is 0 Å². The molecule has 0 aromatic heterocycles. The summed E-state index contributed by atoms with van der Waals surface area (Å²) in [5.41, 5.74) is 1.02. The van der Waals surface area contributed by atoms with Crippen LogP contribution in [0.1, 0.15) is 24.0 Å². The van der Waals surface area contributed by atoms with E-state index >= 15 is 0 Å². The number of nitriles is 1. The SMILES string of the molecule is CNCC(C)c1ccc(C#N)cc1F. The van der Waals surface area contributed by atoms with Gasteiger partial charge >= 0.3 is 0 Å². The second-order valence-corrected chi connectivity index (χ2v) is 3.31. The number of likely N-dealkylation sites (N-methyl/N-ethyl adjacent to an activating group) is 1. The molecule has 0 amide bonds. The van der Waals surface area contributed by atoms with E-state index in [1.54, 1.807) is 12.1 Å². The van der Waals surface area contributed by atoms with Gasteiger partial charge in [-0.15, -0.1) is 0 Å². The van der Waals surface area contributed by atoms with Crippen LogP contribution in [0.15, 0.2) is 18.2 Å². The zero-order chi connectivity index (χ0) is 10.6. The molecule has 0 spiro atoms. The molecule has 0 aliphatic carbocycles. The maximum atomic E-state index is 13.4. The van der Waals surface area contributed by atoms with E-state index in [4.69, 9.17) is 5.26 Å². The molecule has 0 heterocycles. The average molecular weight is 192 g/mol. The molecule has 74 valence electrons. The second kappa shape index (κ2) is 4.73. The molecule has 0 aliphatic heterocycles. The quantitative estimate of drug-likeness (QED) is 0.795. The minimum atomic E-state index is -0.299. The lowest BCUT2D eigenvalue weighted by atomic mass is 9.99. The van der Waals surface area contributed by atoms with Gasteiger partial charge in [0.2, 0.25) is 0 Å². The third-order valence-corrected chi connectivity index (χ3v) is 2.17. The molecule has 1 aromatic carbocycles. The molecule has 0 saturated carbocycles. The van der Waals surface area contributed by atoms with Crippen LogP contribution in [0.25, 0.3) is 0 Å². The van der Waals surface area contributed by atoms with Crippen molar-refractivity contribution in [1.82, 2.24) is 5.32 Å². The van der Waals surface area contributed by atoms with Crippen LogP contribution in [-0.4, -0.2) is 13.6 Å². The van der Waals surface area contributed by atoms with Crippen molar-refractivity contribution in [2.75, 3.05) is 13.6 Å². The van der Waals surface area contributed by atoms with E-state index in [1.165, 1.54) is 6.07 Å². The molecule has 0 radical (unpaired) electrons. The highest BCUT2D eigenvalue weighted by atomic mass is 19.1. The molecule has 0 saturated heterocycles. The lowest BCUT2D eigenvalue weighted by molar-refractivity contribution is 0.577. The standard InChI is InChI=1S/C11H13FN2/c1-8(7-14-2)10-4-3-9(6-13)5-11(10)12/h3-5,8,14H,7H2,1-2H3. The van der Waals surface area contributed by atoms with Crippen molar-refractivity contribution < 1.29 is 4.39 Å². The third-order valence-electron chi connectivity index (χ3n) is 2.17. The first-order chi connectivity index (χ1) is 6.69. The van der Waals surface area contributed by atoms with Crippen molar-refractivity contribution in [1.29, 1.82) is 5.26 Å². The van der Waals surface area contributed by atoms with E-state index in [0.717, 1.165) is 6.54 Å².